The molecule has 0 aliphatic carbocycles. The number of nitrogens with zero attached hydrogens (tertiary/aromatic N) is 4. The van der Waals surface area contributed by atoms with Gasteiger partial charge < -0.3 is 25.2 Å². The van der Waals surface area contributed by atoms with E-state index in [0.29, 0.717) is 26.3 Å². The van der Waals surface area contributed by atoms with Gasteiger partial charge in [-0.05, 0) is 18.2 Å². The van der Waals surface area contributed by atoms with Gasteiger partial charge in [-0.2, -0.15) is 0 Å². The Bertz CT molecular complexity index is 1040. The van der Waals surface area contributed by atoms with Crippen LogP contribution in [0.15, 0.2) is 34.7 Å². The summed E-state index contributed by atoms with van der Waals surface area (Å²) in [6, 6.07) is 4.06. The summed E-state index contributed by atoms with van der Waals surface area (Å²) in [4.78, 5) is 4.63. The zero-order valence-corrected chi connectivity index (χ0v) is 18.2. The number of hydrogen-bond donors (Lipinski definition) is 4. The Hall–Kier alpha value is -1.44. The van der Waals surface area contributed by atoms with Crippen LogP contribution in [0.4, 0.5) is 0 Å². The average molecular weight is 491 g/mol. The predicted molar refractivity (Wildman–Crippen MR) is 112 cm³/mol. The normalized spacial score (nSPS) is 26.8. The molecule has 0 bridgehead atoms. The molecule has 30 heavy (non-hydrogen) atoms. The second kappa shape index (κ2) is 8.97. The van der Waals surface area contributed by atoms with Gasteiger partial charge in [0.15, 0.2) is 0 Å². The Morgan fingerprint density at radius 1 is 1.17 bits per heavy atom. The second-order valence-corrected chi connectivity index (χ2v) is 9.31. The van der Waals surface area contributed by atoms with Crippen molar-refractivity contribution in [1.29, 1.82) is 0 Å². The largest absolute Gasteiger partial charge is 0.486 e. The third-order valence-corrected chi connectivity index (χ3v) is 7.09. The van der Waals surface area contributed by atoms with Crippen molar-refractivity contribution in [2.75, 3.05) is 6.61 Å². The van der Waals surface area contributed by atoms with E-state index in [1.807, 2.05) is 0 Å². The van der Waals surface area contributed by atoms with Crippen LogP contribution in [0.5, 0.6) is 5.19 Å². The van der Waals surface area contributed by atoms with Crippen molar-refractivity contribution in [3.8, 4) is 16.6 Å². The molecule has 160 valence electrons. The Morgan fingerprint density at radius 2 is 1.97 bits per heavy atom. The van der Waals surface area contributed by atoms with Crippen LogP contribution in [0.3, 0.4) is 0 Å². The summed E-state index contributed by atoms with van der Waals surface area (Å²) < 4.78 is 7.03. The van der Waals surface area contributed by atoms with Crippen LogP contribution in [0.2, 0.25) is 10.0 Å². The number of rotatable bonds is 5. The number of aliphatic hydroxyl groups is 3. The van der Waals surface area contributed by atoms with Gasteiger partial charge in [-0.1, -0.05) is 51.5 Å². The van der Waals surface area contributed by atoms with Crippen LogP contribution in [0.1, 0.15) is 6.04 Å². The minimum absolute atomic E-state index is 0.107. The molecule has 1 fully saturated rings. The van der Waals surface area contributed by atoms with Crippen molar-refractivity contribution in [1.82, 2.24) is 20.0 Å². The summed E-state index contributed by atoms with van der Waals surface area (Å²) in [5.41, 5.74) is -0.0457. The van der Waals surface area contributed by atoms with Crippen LogP contribution in [0, 0.1) is 0 Å². The standard InChI is InChI=1S/C17H16Cl2N4O5S2/c18-8-2-1-7(3-9(8)19)30-16-15(26)13(14(25)12(5-24)28-16)23-4-10(21-22-23)11-6-29-17(27)20-11/h1-4,6,12-16,24-26H,5H2,(H,20,27)/t12-,13+,14+,15-,16-/m1/s1. The number of thiazole rings is 1. The highest BCUT2D eigenvalue weighted by molar-refractivity contribution is 7.99. The van der Waals surface area contributed by atoms with Crippen LogP contribution < -0.4 is 0 Å². The van der Waals surface area contributed by atoms with E-state index in [9.17, 15) is 20.4 Å². The molecule has 1 aliphatic heterocycles. The van der Waals surface area contributed by atoms with E-state index in [1.165, 1.54) is 22.6 Å². The highest BCUT2D eigenvalue weighted by atomic mass is 35.5. The van der Waals surface area contributed by atoms with E-state index < -0.39 is 36.4 Å². The molecule has 4 rings (SSSR count). The molecule has 0 spiro atoms. The lowest BCUT2D eigenvalue weighted by Gasteiger charge is -2.41. The number of aromatic hydroxyl groups is 1. The van der Waals surface area contributed by atoms with E-state index >= 15 is 0 Å². The van der Waals surface area contributed by atoms with Crippen molar-refractivity contribution in [2.24, 2.45) is 0 Å². The van der Waals surface area contributed by atoms with Crippen molar-refractivity contribution >= 4 is 46.3 Å². The predicted octanol–water partition coefficient (Wildman–Crippen LogP) is 2.19. The summed E-state index contributed by atoms with van der Waals surface area (Å²) in [7, 11) is 0. The topological polar surface area (TPSA) is 134 Å². The lowest BCUT2D eigenvalue weighted by molar-refractivity contribution is -0.178. The van der Waals surface area contributed by atoms with Gasteiger partial charge in [-0.15, -0.1) is 5.10 Å². The Morgan fingerprint density at radius 3 is 2.63 bits per heavy atom. The molecule has 4 N–H and O–H groups in total. The van der Waals surface area contributed by atoms with Gasteiger partial charge in [-0.3, -0.25) is 0 Å². The maximum absolute atomic E-state index is 10.9. The summed E-state index contributed by atoms with van der Waals surface area (Å²) in [5, 5.41) is 51.0. The smallest absolute Gasteiger partial charge is 0.271 e. The number of halogens is 2. The molecular formula is C17H16Cl2N4O5S2. The van der Waals surface area contributed by atoms with Gasteiger partial charge in [0.1, 0.15) is 41.2 Å². The van der Waals surface area contributed by atoms with Crippen molar-refractivity contribution in [3.63, 3.8) is 0 Å². The first-order valence-electron chi connectivity index (χ1n) is 8.68. The molecule has 0 radical (unpaired) electrons. The fourth-order valence-electron chi connectivity index (χ4n) is 3.08. The number of thioether (sulfide) groups is 1. The average Bonchev–Trinajstić information content (AvgIpc) is 3.36. The first-order chi connectivity index (χ1) is 14.4. The molecule has 5 atom stereocenters. The van der Waals surface area contributed by atoms with Crippen LogP contribution in [-0.4, -0.2) is 70.8 Å². The van der Waals surface area contributed by atoms with E-state index in [1.54, 1.807) is 23.6 Å². The second-order valence-electron chi connectivity index (χ2n) is 6.49. The molecular weight excluding hydrogens is 475 g/mol. The van der Waals surface area contributed by atoms with E-state index in [0.717, 1.165) is 11.3 Å². The summed E-state index contributed by atoms with van der Waals surface area (Å²) in [5.74, 6) is 0. The zero-order chi connectivity index (χ0) is 21.4. The van der Waals surface area contributed by atoms with E-state index in [2.05, 4.69) is 15.3 Å². The summed E-state index contributed by atoms with van der Waals surface area (Å²) in [6.07, 6.45) is -1.88. The fourth-order valence-corrected chi connectivity index (χ4v) is 5.09. The monoisotopic (exact) mass is 490 g/mol. The lowest BCUT2D eigenvalue weighted by Crippen LogP contribution is -2.55. The van der Waals surface area contributed by atoms with Crippen molar-refractivity contribution < 1.29 is 25.2 Å². The molecule has 1 aliphatic rings. The first kappa shape index (κ1) is 21.8. The van der Waals surface area contributed by atoms with Crippen LogP contribution in [0.25, 0.3) is 11.4 Å². The Balaban J connectivity index is 1.61. The molecule has 0 saturated carbocycles. The molecule has 0 amide bonds. The molecule has 1 aromatic carbocycles. The third-order valence-electron chi connectivity index (χ3n) is 4.56. The SMILES string of the molecule is OC[C@H]1O[C@H](Sc2ccc(Cl)c(Cl)c2)[C@H](O)[C@@H](n2cc(-c3csc(O)n3)nn2)[C@H]1O. The molecule has 9 nitrogen and oxygen atoms in total. The molecule has 1 saturated heterocycles. The van der Waals surface area contributed by atoms with Crippen molar-refractivity contribution in [2.45, 2.75) is 34.7 Å². The maximum Gasteiger partial charge on any atom is 0.271 e. The summed E-state index contributed by atoms with van der Waals surface area (Å²) in [6.45, 7) is -0.454. The number of hydrogen-bond acceptors (Lipinski definition) is 10. The van der Waals surface area contributed by atoms with Gasteiger partial charge in [0, 0.05) is 10.3 Å². The molecule has 3 aromatic rings. The minimum Gasteiger partial charge on any atom is -0.486 e. The Kier molecular flexibility index (Phi) is 6.51. The maximum atomic E-state index is 10.9. The molecule has 13 heteroatoms. The number of benzene rings is 1. The van der Waals surface area contributed by atoms with Gasteiger partial charge in [-0.25, -0.2) is 9.67 Å². The molecule has 3 heterocycles. The highest BCUT2D eigenvalue weighted by Crippen LogP contribution is 2.39. The molecule has 2 aromatic heterocycles. The fraction of sp³-hybridized carbons (Fsp3) is 0.353. The first-order valence-corrected chi connectivity index (χ1v) is 11.2. The third kappa shape index (κ3) is 4.30. The number of ether oxygens (including phenoxy) is 1. The van der Waals surface area contributed by atoms with Crippen molar-refractivity contribution in [3.05, 3.63) is 39.8 Å². The van der Waals surface area contributed by atoms with Gasteiger partial charge in [0.2, 0.25) is 0 Å². The van der Waals surface area contributed by atoms with Gasteiger partial charge >= 0.3 is 0 Å². The van der Waals surface area contributed by atoms with Crippen LogP contribution >= 0.6 is 46.3 Å². The van der Waals surface area contributed by atoms with E-state index in [4.69, 9.17) is 27.9 Å². The van der Waals surface area contributed by atoms with Gasteiger partial charge in [0.25, 0.3) is 5.19 Å². The van der Waals surface area contributed by atoms with E-state index in [-0.39, 0.29) is 5.19 Å². The van der Waals surface area contributed by atoms with Gasteiger partial charge in [0.05, 0.1) is 22.8 Å². The zero-order valence-electron chi connectivity index (χ0n) is 15.0. The minimum atomic E-state index is -1.24. The molecule has 0 unspecified atom stereocenters. The number of aromatic nitrogens is 4. The highest BCUT2D eigenvalue weighted by Gasteiger charge is 2.46. The number of aliphatic hydroxyl groups excluding tert-OH is 3. The quantitative estimate of drug-likeness (QED) is 0.424. The van der Waals surface area contributed by atoms with Crippen LogP contribution in [-0.2, 0) is 4.74 Å². The Labute approximate surface area is 188 Å². The lowest BCUT2D eigenvalue weighted by atomic mass is 9.97. The summed E-state index contributed by atoms with van der Waals surface area (Å²) >= 11 is 14.2.